The van der Waals surface area contributed by atoms with Gasteiger partial charge in [0.05, 0.1) is 7.11 Å². The van der Waals surface area contributed by atoms with E-state index >= 15 is 0 Å². The van der Waals surface area contributed by atoms with Crippen LogP contribution in [0.5, 0.6) is 0 Å². The van der Waals surface area contributed by atoms with Gasteiger partial charge in [-0.25, -0.2) is 4.79 Å². The minimum absolute atomic E-state index is 0.351. The Bertz CT molecular complexity index is 525. The number of carbonyl (C=O) groups is 1. The summed E-state index contributed by atoms with van der Waals surface area (Å²) in [5, 5.41) is 0.678. The molecule has 1 heterocycles. The molecule has 21 heavy (non-hydrogen) atoms. The minimum atomic E-state index is -0.677. The molecular formula is C16H19ClO4. The molecule has 1 unspecified atom stereocenters. The maximum atomic E-state index is 12.0. The van der Waals surface area contributed by atoms with Crippen molar-refractivity contribution < 1.29 is 19.0 Å². The Balaban J connectivity index is 1.81. The molecule has 114 valence electrons. The fourth-order valence-corrected chi connectivity index (χ4v) is 3.38. The lowest BCUT2D eigenvalue weighted by Gasteiger charge is -2.21. The van der Waals surface area contributed by atoms with Crippen LogP contribution in [-0.2, 0) is 25.4 Å². The maximum absolute atomic E-state index is 12.0. The maximum Gasteiger partial charge on any atom is 0.337 e. The Morgan fingerprint density at radius 1 is 1.33 bits per heavy atom. The first-order chi connectivity index (χ1) is 10.1. The van der Waals surface area contributed by atoms with E-state index in [0.717, 1.165) is 31.2 Å². The third-order valence-electron chi connectivity index (χ3n) is 4.22. The second kappa shape index (κ2) is 5.95. The quantitative estimate of drug-likeness (QED) is 0.805. The highest BCUT2D eigenvalue weighted by molar-refractivity contribution is 6.31. The Morgan fingerprint density at radius 2 is 2.05 bits per heavy atom. The number of carbonyl (C=O) groups excluding carboxylic acids is 1. The molecule has 0 radical (unpaired) electrons. The van der Waals surface area contributed by atoms with Crippen LogP contribution in [0.4, 0.5) is 0 Å². The van der Waals surface area contributed by atoms with Gasteiger partial charge in [-0.3, -0.25) is 0 Å². The highest BCUT2D eigenvalue weighted by Crippen LogP contribution is 2.43. The Morgan fingerprint density at radius 3 is 2.71 bits per heavy atom. The average Bonchev–Trinajstić information content (AvgIpc) is 3.08. The molecule has 3 rings (SSSR count). The van der Waals surface area contributed by atoms with Gasteiger partial charge in [0.25, 0.3) is 0 Å². The van der Waals surface area contributed by atoms with Crippen LogP contribution in [0.1, 0.15) is 31.2 Å². The highest BCUT2D eigenvalue weighted by Gasteiger charge is 2.52. The summed E-state index contributed by atoms with van der Waals surface area (Å²) in [6, 6.07) is 7.59. The summed E-state index contributed by atoms with van der Waals surface area (Å²) in [7, 11) is 1.37. The molecule has 1 aromatic rings. The fourth-order valence-electron chi connectivity index (χ4n) is 3.17. The van der Waals surface area contributed by atoms with Crippen molar-refractivity contribution in [1.29, 1.82) is 0 Å². The van der Waals surface area contributed by atoms with Gasteiger partial charge in [0.15, 0.2) is 11.9 Å². The minimum Gasteiger partial charge on any atom is -0.467 e. The zero-order valence-electron chi connectivity index (χ0n) is 12.0. The third kappa shape index (κ3) is 2.93. The molecule has 0 N–H and O–H groups in total. The molecule has 1 saturated heterocycles. The van der Waals surface area contributed by atoms with Crippen LogP contribution in [0, 0.1) is 0 Å². The van der Waals surface area contributed by atoms with E-state index in [9.17, 15) is 4.79 Å². The predicted molar refractivity (Wildman–Crippen MR) is 78.1 cm³/mol. The van der Waals surface area contributed by atoms with Crippen molar-refractivity contribution >= 4 is 17.6 Å². The van der Waals surface area contributed by atoms with Crippen molar-refractivity contribution in [2.75, 3.05) is 7.11 Å². The third-order valence-corrected chi connectivity index (χ3v) is 4.59. The van der Waals surface area contributed by atoms with Crippen molar-refractivity contribution in [3.05, 3.63) is 34.9 Å². The van der Waals surface area contributed by atoms with Gasteiger partial charge in [0.2, 0.25) is 0 Å². The van der Waals surface area contributed by atoms with Gasteiger partial charge >= 0.3 is 5.97 Å². The predicted octanol–water partition coefficient (Wildman–Crippen LogP) is 3.11. The van der Waals surface area contributed by atoms with Crippen LogP contribution in [0.2, 0.25) is 5.02 Å². The van der Waals surface area contributed by atoms with Crippen LogP contribution in [0.15, 0.2) is 24.3 Å². The zero-order valence-corrected chi connectivity index (χ0v) is 12.8. The highest BCUT2D eigenvalue weighted by atomic mass is 35.5. The van der Waals surface area contributed by atoms with Crippen LogP contribution < -0.4 is 0 Å². The Kier molecular flexibility index (Phi) is 4.20. The van der Waals surface area contributed by atoms with Gasteiger partial charge in [0.1, 0.15) is 6.10 Å². The summed E-state index contributed by atoms with van der Waals surface area (Å²) in [5.41, 5.74) is 0.955. The van der Waals surface area contributed by atoms with Crippen molar-refractivity contribution in [1.82, 2.24) is 0 Å². The van der Waals surface area contributed by atoms with Gasteiger partial charge in [-0.2, -0.15) is 0 Å². The van der Waals surface area contributed by atoms with E-state index in [1.54, 1.807) is 0 Å². The number of esters is 1. The van der Waals surface area contributed by atoms with E-state index in [1.807, 2.05) is 24.3 Å². The summed E-state index contributed by atoms with van der Waals surface area (Å²) in [6.45, 7) is 0. The van der Waals surface area contributed by atoms with Crippen LogP contribution in [0.3, 0.4) is 0 Å². The molecule has 4 nitrogen and oxygen atoms in total. The summed E-state index contributed by atoms with van der Waals surface area (Å²) < 4.78 is 16.9. The summed E-state index contributed by atoms with van der Waals surface area (Å²) in [4.78, 5) is 12.0. The summed E-state index contributed by atoms with van der Waals surface area (Å²) in [5.74, 6) is -0.985. The van der Waals surface area contributed by atoms with Crippen LogP contribution in [-0.4, -0.2) is 31.1 Å². The van der Waals surface area contributed by atoms with E-state index in [0.29, 0.717) is 11.4 Å². The Hall–Kier alpha value is -1.10. The van der Waals surface area contributed by atoms with Crippen molar-refractivity contribution in [3.8, 4) is 0 Å². The van der Waals surface area contributed by atoms with Crippen molar-refractivity contribution in [2.45, 2.75) is 50.1 Å². The number of rotatable bonds is 3. The van der Waals surface area contributed by atoms with Gasteiger partial charge in [-0.1, -0.05) is 29.8 Å². The first-order valence-electron chi connectivity index (χ1n) is 7.30. The normalized spacial score (nSPS) is 27.1. The molecule has 2 fully saturated rings. The molecule has 5 heteroatoms. The second-order valence-electron chi connectivity index (χ2n) is 5.63. The van der Waals surface area contributed by atoms with Gasteiger partial charge in [-0.15, -0.1) is 0 Å². The molecular weight excluding hydrogens is 292 g/mol. The summed E-state index contributed by atoms with van der Waals surface area (Å²) in [6.07, 6.45) is 3.31. The van der Waals surface area contributed by atoms with E-state index in [1.165, 1.54) is 7.11 Å². The molecule has 0 aromatic heterocycles. The molecule has 2 aliphatic rings. The average molecular weight is 311 g/mol. The molecule has 1 aliphatic heterocycles. The molecule has 1 aliphatic carbocycles. The lowest BCUT2D eigenvalue weighted by Crippen LogP contribution is -2.34. The van der Waals surface area contributed by atoms with E-state index in [-0.39, 0.29) is 12.1 Å². The smallest absolute Gasteiger partial charge is 0.337 e. The molecule has 1 aromatic carbocycles. The number of methoxy groups -OCH3 is 1. The largest absolute Gasteiger partial charge is 0.467 e. The number of hydrogen-bond donors (Lipinski definition) is 0. The lowest BCUT2D eigenvalue weighted by molar-refractivity contribution is -0.180. The molecule has 1 saturated carbocycles. The van der Waals surface area contributed by atoms with Crippen molar-refractivity contribution in [2.24, 2.45) is 0 Å². The van der Waals surface area contributed by atoms with E-state index in [4.69, 9.17) is 25.8 Å². The van der Waals surface area contributed by atoms with Crippen LogP contribution in [0.25, 0.3) is 0 Å². The topological polar surface area (TPSA) is 44.8 Å². The molecule has 0 amide bonds. The first kappa shape index (κ1) is 14.8. The van der Waals surface area contributed by atoms with Gasteiger partial charge in [-0.05, 0) is 24.5 Å². The monoisotopic (exact) mass is 310 g/mol. The zero-order chi connectivity index (χ0) is 14.9. The van der Waals surface area contributed by atoms with E-state index in [2.05, 4.69) is 0 Å². The standard InChI is InChI=1S/C16H19ClO4/c1-19-15(18)14-13(10-11-6-2-3-7-12(11)17)20-16(21-14)8-4-5-9-16/h2-3,6-7,13-14H,4-5,8-10H2,1H3/t13?,14-/m1/s1. The number of ether oxygens (including phenoxy) is 3. The van der Waals surface area contributed by atoms with Gasteiger partial charge < -0.3 is 14.2 Å². The van der Waals surface area contributed by atoms with Gasteiger partial charge in [0, 0.05) is 24.3 Å². The second-order valence-corrected chi connectivity index (χ2v) is 6.04. The molecule has 1 spiro atoms. The summed E-state index contributed by atoms with van der Waals surface area (Å²) >= 11 is 6.20. The van der Waals surface area contributed by atoms with E-state index < -0.39 is 11.9 Å². The number of benzene rings is 1. The molecule has 2 atom stereocenters. The SMILES string of the molecule is COC(=O)[C@@H]1OC2(CCCC2)OC1Cc1ccccc1Cl. The molecule has 0 bridgehead atoms. The van der Waals surface area contributed by atoms with Crippen LogP contribution >= 0.6 is 11.6 Å². The lowest BCUT2D eigenvalue weighted by atomic mass is 10.0. The Labute approximate surface area is 129 Å². The number of halogens is 1. The number of hydrogen-bond acceptors (Lipinski definition) is 4. The first-order valence-corrected chi connectivity index (χ1v) is 7.68. The fraction of sp³-hybridized carbons (Fsp3) is 0.562. The van der Waals surface area contributed by atoms with Crippen molar-refractivity contribution in [3.63, 3.8) is 0 Å².